The summed E-state index contributed by atoms with van der Waals surface area (Å²) in [5.74, 6) is 0. The Morgan fingerprint density at radius 3 is 1.02 bits per heavy atom. The Balaban J connectivity index is 1.08. The molecule has 40 heavy (non-hydrogen) atoms. The van der Waals surface area contributed by atoms with E-state index in [1.165, 1.54) is 80.7 Å². The van der Waals surface area contributed by atoms with Crippen molar-refractivity contribution in [2.75, 3.05) is 0 Å². The van der Waals surface area contributed by atoms with Gasteiger partial charge in [0, 0.05) is 69.6 Å². The van der Waals surface area contributed by atoms with Gasteiger partial charge in [-0.05, 0) is 82.6 Å². The second kappa shape index (κ2) is 9.21. The third kappa shape index (κ3) is 3.79. The molecule has 0 nitrogen and oxygen atoms in total. The minimum Gasteiger partial charge on any atom is -0.143 e. The molecule has 0 fully saturated rings. The molecule has 0 radical (unpaired) electrons. The Hall–Kier alpha value is -3.10. The van der Waals surface area contributed by atoms with E-state index in [1.54, 1.807) is 0 Å². The minimum absolute atomic E-state index is 1.29. The molecule has 0 aliphatic heterocycles. The van der Waals surface area contributed by atoms with E-state index in [0.29, 0.717) is 0 Å². The van der Waals surface area contributed by atoms with Crippen LogP contribution < -0.4 is 0 Å². The number of hydrogen-bond donors (Lipinski definition) is 0. The Kier molecular flexibility index (Phi) is 5.43. The number of fused-ring (bicyclic) bond motifs is 6. The summed E-state index contributed by atoms with van der Waals surface area (Å²) < 4.78 is 5.44. The lowest BCUT2D eigenvalue weighted by atomic mass is 10.1. The van der Waals surface area contributed by atoms with Gasteiger partial charge >= 0.3 is 0 Å². The van der Waals surface area contributed by atoms with Crippen molar-refractivity contribution in [1.82, 2.24) is 0 Å². The van der Waals surface area contributed by atoms with Crippen LogP contribution in [0.2, 0.25) is 0 Å². The summed E-state index contributed by atoms with van der Waals surface area (Å²) in [5, 5.41) is 9.80. The largest absolute Gasteiger partial charge is 0.143 e. The Morgan fingerprint density at radius 2 is 0.675 bits per heavy atom. The highest BCUT2D eigenvalue weighted by Gasteiger charge is 2.14. The zero-order chi connectivity index (χ0) is 26.2. The molecule has 0 aliphatic rings. The quantitative estimate of drug-likeness (QED) is 0.184. The molecule has 0 unspecified atom stereocenters. The van der Waals surface area contributed by atoms with E-state index in [0.717, 1.165) is 0 Å². The molecule has 9 aromatic rings. The average Bonchev–Trinajstić information content (AvgIpc) is 3.82. The first-order chi connectivity index (χ1) is 19.8. The van der Waals surface area contributed by atoms with Crippen LogP contribution in [0.5, 0.6) is 0 Å². The van der Waals surface area contributed by atoms with E-state index < -0.39 is 0 Å². The number of hydrogen-bond acceptors (Lipinski definition) is 6. The van der Waals surface area contributed by atoms with Crippen molar-refractivity contribution < 1.29 is 0 Å². The molecule has 0 N–H and O–H groups in total. The molecule has 6 heterocycles. The molecule has 9 rings (SSSR count). The number of rotatable bonds is 4. The summed E-state index contributed by atoms with van der Waals surface area (Å²) in [6.45, 7) is 0. The molecule has 0 saturated carbocycles. The van der Waals surface area contributed by atoms with Crippen molar-refractivity contribution in [2.24, 2.45) is 0 Å². The third-order valence-electron chi connectivity index (χ3n) is 7.38. The van der Waals surface area contributed by atoms with Crippen LogP contribution in [0.3, 0.4) is 0 Å². The first-order valence-electron chi connectivity index (χ1n) is 12.9. The predicted molar refractivity (Wildman–Crippen MR) is 185 cm³/mol. The second-order valence-corrected chi connectivity index (χ2v) is 16.0. The minimum atomic E-state index is 1.29. The van der Waals surface area contributed by atoms with Gasteiger partial charge in [0.25, 0.3) is 0 Å². The maximum Gasteiger partial charge on any atom is 0.0455 e. The van der Waals surface area contributed by atoms with Gasteiger partial charge in [0.15, 0.2) is 0 Å². The van der Waals surface area contributed by atoms with Gasteiger partial charge in [0.1, 0.15) is 0 Å². The highest BCUT2D eigenvalue weighted by atomic mass is 32.1. The Labute approximate surface area is 254 Å². The lowest BCUT2D eigenvalue weighted by Gasteiger charge is -2.00. The van der Waals surface area contributed by atoms with Crippen LogP contribution >= 0.6 is 68.0 Å². The smallest absolute Gasteiger partial charge is 0.0455 e. The summed E-state index contributed by atoms with van der Waals surface area (Å²) >= 11 is 11.2. The van der Waals surface area contributed by atoms with Crippen LogP contribution in [-0.4, -0.2) is 0 Å². The van der Waals surface area contributed by atoms with Crippen molar-refractivity contribution in [3.8, 4) is 40.4 Å². The monoisotopic (exact) mass is 618 g/mol. The van der Waals surface area contributed by atoms with Gasteiger partial charge < -0.3 is 0 Å². The molecule has 0 amide bonds. The van der Waals surface area contributed by atoms with Gasteiger partial charge in [-0.15, -0.1) is 68.0 Å². The van der Waals surface area contributed by atoms with Crippen molar-refractivity contribution in [3.05, 3.63) is 108 Å². The van der Waals surface area contributed by atoms with Crippen molar-refractivity contribution in [1.29, 1.82) is 0 Å². The summed E-state index contributed by atoms with van der Waals surface area (Å²) in [6, 6.07) is 36.6. The average molecular weight is 619 g/mol. The molecular weight excluding hydrogens is 601 g/mol. The van der Waals surface area contributed by atoms with E-state index >= 15 is 0 Å². The molecule has 0 atom stereocenters. The molecule has 0 spiro atoms. The van der Waals surface area contributed by atoms with E-state index in [4.69, 9.17) is 0 Å². The van der Waals surface area contributed by atoms with Crippen LogP contribution in [0, 0.1) is 0 Å². The first kappa shape index (κ1) is 23.6. The molecule has 190 valence electrons. The van der Waals surface area contributed by atoms with Gasteiger partial charge in [-0.2, -0.15) is 0 Å². The van der Waals surface area contributed by atoms with Crippen molar-refractivity contribution >= 4 is 108 Å². The maximum atomic E-state index is 2.39. The molecule has 3 aromatic carbocycles. The van der Waals surface area contributed by atoms with Gasteiger partial charge in [-0.3, -0.25) is 0 Å². The SMILES string of the molecule is c1csc(-c2cc3c(ccc4sc(-c5ccc(-c6cc7c(ccc8sc(-c9cccs9)cc87)s6)cc5)cc43)s2)c1. The van der Waals surface area contributed by atoms with E-state index in [9.17, 15) is 0 Å². The van der Waals surface area contributed by atoms with Crippen LogP contribution in [0.25, 0.3) is 80.7 Å². The summed E-state index contributed by atoms with van der Waals surface area (Å²) in [4.78, 5) is 8.08. The fraction of sp³-hybridized carbons (Fsp3) is 0. The maximum absolute atomic E-state index is 2.39. The lowest BCUT2D eigenvalue weighted by molar-refractivity contribution is 1.69. The van der Waals surface area contributed by atoms with Crippen LogP contribution in [0.15, 0.2) is 108 Å². The van der Waals surface area contributed by atoms with E-state index in [-0.39, 0.29) is 0 Å². The molecular formula is C34H18S6. The van der Waals surface area contributed by atoms with Gasteiger partial charge in [0.2, 0.25) is 0 Å². The highest BCUT2D eigenvalue weighted by Crippen LogP contribution is 2.45. The predicted octanol–water partition coefficient (Wildman–Crippen LogP) is 13.3. The fourth-order valence-corrected chi connectivity index (χ4v) is 11.4. The zero-order valence-electron chi connectivity index (χ0n) is 20.8. The van der Waals surface area contributed by atoms with E-state index in [2.05, 4.69) is 108 Å². The topological polar surface area (TPSA) is 0 Å². The molecule has 6 aromatic heterocycles. The number of benzene rings is 3. The van der Waals surface area contributed by atoms with E-state index in [1.807, 2.05) is 68.0 Å². The summed E-state index contributed by atoms with van der Waals surface area (Å²) in [7, 11) is 0. The van der Waals surface area contributed by atoms with Crippen molar-refractivity contribution in [2.45, 2.75) is 0 Å². The third-order valence-corrected chi connectivity index (χ3v) is 14.0. The fourth-order valence-electron chi connectivity index (χ4n) is 5.42. The van der Waals surface area contributed by atoms with Gasteiger partial charge in [0.05, 0.1) is 0 Å². The lowest BCUT2D eigenvalue weighted by Crippen LogP contribution is -1.74. The van der Waals surface area contributed by atoms with Crippen LogP contribution in [-0.2, 0) is 0 Å². The zero-order valence-corrected chi connectivity index (χ0v) is 25.7. The standard InChI is InChI=1S/C34H18S6/c1-3-29(35-13-1)33-17-23-21-15-31(37-25(21)9-11-27(23)39-33)19-5-7-20(8-6-19)32-16-22-24-18-34(30-4-2-14-36-30)40-28(24)12-10-26(22)38-32/h1-18H. The Morgan fingerprint density at radius 1 is 0.325 bits per heavy atom. The number of thiophene rings is 6. The molecule has 0 aliphatic carbocycles. The molecule has 0 bridgehead atoms. The van der Waals surface area contributed by atoms with Gasteiger partial charge in [-0.1, -0.05) is 36.4 Å². The van der Waals surface area contributed by atoms with Crippen molar-refractivity contribution in [3.63, 3.8) is 0 Å². The van der Waals surface area contributed by atoms with Gasteiger partial charge in [-0.25, -0.2) is 0 Å². The molecule has 0 saturated heterocycles. The first-order valence-corrected chi connectivity index (χ1v) is 17.9. The Bertz CT molecular complexity index is 2130. The highest BCUT2D eigenvalue weighted by molar-refractivity contribution is 7.27. The van der Waals surface area contributed by atoms with Crippen LogP contribution in [0.1, 0.15) is 0 Å². The summed E-state index contributed by atoms with van der Waals surface area (Å²) in [5.41, 5.74) is 2.57. The summed E-state index contributed by atoms with van der Waals surface area (Å²) in [6.07, 6.45) is 0. The molecule has 6 heteroatoms. The van der Waals surface area contributed by atoms with Crippen LogP contribution in [0.4, 0.5) is 0 Å². The second-order valence-electron chi connectivity index (χ2n) is 9.75. The normalized spacial score (nSPS) is 12.0.